The first kappa shape index (κ1) is 16.5. The highest BCUT2D eigenvalue weighted by Crippen LogP contribution is 2.27. The van der Waals surface area contributed by atoms with Gasteiger partial charge in [-0.3, -0.25) is 0 Å². The van der Waals surface area contributed by atoms with Crippen molar-refractivity contribution >= 4 is 28.4 Å². The van der Waals surface area contributed by atoms with E-state index in [1.165, 1.54) is 0 Å². The third-order valence-electron chi connectivity index (χ3n) is 2.45. The van der Waals surface area contributed by atoms with Crippen LogP contribution in [0.3, 0.4) is 0 Å². The van der Waals surface area contributed by atoms with E-state index in [0.717, 1.165) is 9.26 Å². The third kappa shape index (κ3) is 5.12. The molecular weight excluding hydrogens is 370 g/mol. The summed E-state index contributed by atoms with van der Waals surface area (Å²) in [7, 11) is 0. The summed E-state index contributed by atoms with van der Waals surface area (Å²) < 4.78 is 37.6. The second kappa shape index (κ2) is 6.71. The molecule has 0 radical (unpaired) electrons. The van der Waals surface area contributed by atoms with E-state index in [-0.39, 0.29) is 18.2 Å². The Balaban J connectivity index is 3.04. The number of anilines is 1. The van der Waals surface area contributed by atoms with Crippen LogP contribution < -0.4 is 5.32 Å². The average molecular weight is 387 g/mol. The van der Waals surface area contributed by atoms with Gasteiger partial charge in [-0.1, -0.05) is 13.8 Å². The summed E-state index contributed by atoms with van der Waals surface area (Å²) in [5.74, 6) is 1.02. The van der Waals surface area contributed by atoms with Gasteiger partial charge in [0.05, 0.1) is 15.7 Å². The SMILES string of the molecule is CCNc1nc(CCC(F)(F)F)nc(C(C)C)c1I. The van der Waals surface area contributed by atoms with E-state index < -0.39 is 12.6 Å². The molecule has 0 aliphatic heterocycles. The highest BCUT2D eigenvalue weighted by molar-refractivity contribution is 14.1. The van der Waals surface area contributed by atoms with Gasteiger partial charge in [0.15, 0.2) is 0 Å². The second-order valence-electron chi connectivity index (χ2n) is 4.49. The maximum atomic E-state index is 12.3. The van der Waals surface area contributed by atoms with Gasteiger partial charge in [-0.05, 0) is 35.4 Å². The van der Waals surface area contributed by atoms with Crippen LogP contribution in [0.25, 0.3) is 0 Å². The van der Waals surface area contributed by atoms with Crippen molar-refractivity contribution in [3.63, 3.8) is 0 Å². The lowest BCUT2D eigenvalue weighted by molar-refractivity contribution is -0.134. The van der Waals surface area contributed by atoms with Crippen molar-refractivity contribution in [2.24, 2.45) is 0 Å². The molecular formula is C12H17F3IN3. The lowest BCUT2D eigenvalue weighted by Crippen LogP contribution is -2.14. The van der Waals surface area contributed by atoms with Gasteiger partial charge in [-0.2, -0.15) is 13.2 Å². The maximum Gasteiger partial charge on any atom is 0.389 e. The van der Waals surface area contributed by atoms with Gasteiger partial charge < -0.3 is 5.32 Å². The van der Waals surface area contributed by atoms with Crippen molar-refractivity contribution in [3.05, 3.63) is 15.1 Å². The molecule has 0 atom stereocenters. The standard InChI is InChI=1S/C12H17F3IN3/c1-4-17-11-9(16)10(7(2)3)18-8(19-11)5-6-12(13,14)15/h7H,4-6H2,1-3H3,(H,17,18,19). The first-order valence-electron chi connectivity index (χ1n) is 6.11. The van der Waals surface area contributed by atoms with Crippen LogP contribution in [-0.2, 0) is 6.42 Å². The average Bonchev–Trinajstić information content (AvgIpc) is 2.28. The number of nitrogens with one attached hydrogen (secondary N) is 1. The molecule has 3 nitrogen and oxygen atoms in total. The Bertz CT molecular complexity index is 433. The zero-order chi connectivity index (χ0) is 14.6. The lowest BCUT2D eigenvalue weighted by atomic mass is 10.1. The molecule has 7 heteroatoms. The molecule has 1 heterocycles. The van der Waals surface area contributed by atoms with Crippen molar-refractivity contribution < 1.29 is 13.2 Å². The Kier molecular flexibility index (Phi) is 5.82. The zero-order valence-electron chi connectivity index (χ0n) is 11.1. The van der Waals surface area contributed by atoms with Crippen molar-refractivity contribution in [3.8, 4) is 0 Å². The van der Waals surface area contributed by atoms with Crippen molar-refractivity contribution in [1.82, 2.24) is 9.97 Å². The molecule has 0 fully saturated rings. The number of aromatic nitrogens is 2. The smallest absolute Gasteiger partial charge is 0.369 e. The van der Waals surface area contributed by atoms with Crippen LogP contribution in [0.2, 0.25) is 0 Å². The summed E-state index contributed by atoms with van der Waals surface area (Å²) in [4.78, 5) is 8.44. The molecule has 1 aromatic heterocycles. The highest BCUT2D eigenvalue weighted by Gasteiger charge is 2.27. The van der Waals surface area contributed by atoms with Gasteiger partial charge in [0.25, 0.3) is 0 Å². The van der Waals surface area contributed by atoms with Gasteiger partial charge >= 0.3 is 6.18 Å². The van der Waals surface area contributed by atoms with Crippen LogP contribution in [-0.4, -0.2) is 22.7 Å². The molecule has 1 N–H and O–H groups in total. The number of nitrogens with zero attached hydrogens (tertiary/aromatic N) is 2. The van der Waals surface area contributed by atoms with Crippen molar-refractivity contribution in [2.45, 2.75) is 45.7 Å². The number of aryl methyl sites for hydroxylation is 1. The van der Waals surface area contributed by atoms with Crippen molar-refractivity contribution in [1.29, 1.82) is 0 Å². The molecule has 0 saturated heterocycles. The number of rotatable bonds is 5. The molecule has 0 unspecified atom stereocenters. The largest absolute Gasteiger partial charge is 0.389 e. The van der Waals surface area contributed by atoms with Crippen molar-refractivity contribution in [2.75, 3.05) is 11.9 Å². The topological polar surface area (TPSA) is 37.8 Å². The minimum Gasteiger partial charge on any atom is -0.369 e. The zero-order valence-corrected chi connectivity index (χ0v) is 13.3. The number of halogens is 4. The van der Waals surface area contributed by atoms with E-state index in [0.29, 0.717) is 12.4 Å². The molecule has 0 aliphatic carbocycles. The minimum atomic E-state index is -4.18. The summed E-state index contributed by atoms with van der Waals surface area (Å²) >= 11 is 2.13. The maximum absolute atomic E-state index is 12.3. The molecule has 108 valence electrons. The molecule has 0 bridgehead atoms. The van der Waals surface area contributed by atoms with Crippen LogP contribution in [0, 0.1) is 3.57 Å². The van der Waals surface area contributed by atoms with Crippen LogP contribution in [0.5, 0.6) is 0 Å². The first-order valence-corrected chi connectivity index (χ1v) is 7.19. The Morgan fingerprint density at radius 1 is 1.26 bits per heavy atom. The molecule has 1 rings (SSSR count). The van der Waals surface area contributed by atoms with E-state index in [1.807, 2.05) is 20.8 Å². The number of hydrogen-bond acceptors (Lipinski definition) is 3. The highest BCUT2D eigenvalue weighted by atomic mass is 127. The molecule has 19 heavy (non-hydrogen) atoms. The van der Waals surface area contributed by atoms with Gasteiger partial charge in [0.1, 0.15) is 11.6 Å². The molecule has 0 saturated carbocycles. The predicted molar refractivity (Wildman–Crippen MR) is 77.4 cm³/mol. The summed E-state index contributed by atoms with van der Waals surface area (Å²) in [6.45, 7) is 6.52. The van der Waals surface area contributed by atoms with Gasteiger partial charge in [0.2, 0.25) is 0 Å². The summed E-state index contributed by atoms with van der Waals surface area (Å²) in [6.07, 6.45) is -5.25. The fraction of sp³-hybridized carbons (Fsp3) is 0.667. The van der Waals surface area contributed by atoms with Crippen LogP contribution >= 0.6 is 22.6 Å². The molecule has 1 aromatic rings. The monoisotopic (exact) mass is 387 g/mol. The summed E-state index contributed by atoms with van der Waals surface area (Å²) in [5.41, 5.74) is 0.795. The van der Waals surface area contributed by atoms with E-state index >= 15 is 0 Å². The molecule has 0 spiro atoms. The van der Waals surface area contributed by atoms with E-state index in [2.05, 4.69) is 37.9 Å². The summed E-state index contributed by atoms with van der Waals surface area (Å²) in [6, 6.07) is 0. The fourth-order valence-electron chi connectivity index (χ4n) is 1.55. The van der Waals surface area contributed by atoms with E-state index in [9.17, 15) is 13.2 Å². The number of hydrogen-bond donors (Lipinski definition) is 1. The minimum absolute atomic E-state index is 0.150. The Morgan fingerprint density at radius 3 is 2.37 bits per heavy atom. The van der Waals surface area contributed by atoms with Crippen LogP contribution in [0.4, 0.5) is 19.0 Å². The Labute approximate surface area is 124 Å². The normalized spacial score (nSPS) is 12.0. The lowest BCUT2D eigenvalue weighted by Gasteiger charge is -2.14. The Hall–Kier alpha value is -0.600. The first-order chi connectivity index (χ1) is 8.74. The van der Waals surface area contributed by atoms with Gasteiger partial charge in [-0.15, -0.1) is 0 Å². The fourth-order valence-corrected chi connectivity index (χ4v) is 2.60. The quantitative estimate of drug-likeness (QED) is 0.773. The van der Waals surface area contributed by atoms with Crippen LogP contribution in [0.1, 0.15) is 44.6 Å². The second-order valence-corrected chi connectivity index (χ2v) is 5.57. The molecule has 0 aliphatic rings. The van der Waals surface area contributed by atoms with E-state index in [4.69, 9.17) is 0 Å². The predicted octanol–water partition coefficient (Wildman–Crippen LogP) is 4.13. The third-order valence-corrected chi connectivity index (χ3v) is 3.51. The van der Waals surface area contributed by atoms with E-state index in [1.54, 1.807) is 0 Å². The van der Waals surface area contributed by atoms with Gasteiger partial charge in [-0.25, -0.2) is 9.97 Å². The summed E-state index contributed by atoms with van der Waals surface area (Å²) in [5, 5.41) is 3.07. The Morgan fingerprint density at radius 2 is 1.89 bits per heavy atom. The molecule has 0 amide bonds. The molecule has 0 aromatic carbocycles. The van der Waals surface area contributed by atoms with Gasteiger partial charge in [0, 0.05) is 13.0 Å². The number of alkyl halides is 3. The van der Waals surface area contributed by atoms with Crippen LogP contribution in [0.15, 0.2) is 0 Å².